The van der Waals surface area contributed by atoms with Gasteiger partial charge in [0.15, 0.2) is 24.0 Å². The molecule has 0 radical (unpaired) electrons. The molecule has 0 saturated carbocycles. The van der Waals surface area contributed by atoms with Crippen LogP contribution in [0.25, 0.3) is 22.3 Å². The van der Waals surface area contributed by atoms with Crippen molar-refractivity contribution in [2.24, 2.45) is 7.05 Å². The molecule has 11 atom stereocenters. The number of fused-ring (bicyclic) bond motifs is 2. The predicted molar refractivity (Wildman–Crippen MR) is 189 cm³/mol. The van der Waals surface area contributed by atoms with Crippen LogP contribution < -0.4 is 44.1 Å². The molecule has 57 heavy (non-hydrogen) atoms. The second-order valence-corrected chi connectivity index (χ2v) is 16.7. The van der Waals surface area contributed by atoms with Crippen LogP contribution in [0.15, 0.2) is 23.8 Å². The van der Waals surface area contributed by atoms with Gasteiger partial charge in [-0.3, -0.25) is 28.0 Å². The Bertz CT molecular complexity index is 2240. The summed E-state index contributed by atoms with van der Waals surface area (Å²) < 4.78 is 75.5. The van der Waals surface area contributed by atoms with E-state index in [2.05, 4.69) is 38.1 Å². The molecule has 6 unspecified atom stereocenters. The molecule has 0 spiro atoms. The fraction of sp³-hybridized carbons (Fsp3) is 0.583. The molecule has 322 valence electrons. The zero-order valence-corrected chi connectivity index (χ0v) is 33.2. The standard InChI is InChI=1S/C24H35N10O17P3.3H3N/c1-31(2)24-29-20-13(21(38)30-24)32(3)9-34(20)22-16(37)14(35)10(48-22)5-46-52(39,40)50-54(43,44)51-53(41,42)47-6-11-15(36)17(45-4)23(49-11)33-8-28-12-18(25)26-7-27-19(12)33;;;/h7-11,14-17,22-23,35-37H,5-6H2,1-4H3,(H5-,25,26,27,29,30,38,39,40,41,42,43,44);3*1H3/t10-,11?,14+,15-,16?,17-,22-,23?;;;/m1.../s1. The van der Waals surface area contributed by atoms with Gasteiger partial charge in [-0.05, 0) is 0 Å². The summed E-state index contributed by atoms with van der Waals surface area (Å²) in [5.41, 5.74) is 5.80. The number of nitrogens with two attached hydrogens (primary N) is 1. The van der Waals surface area contributed by atoms with Gasteiger partial charge in [-0.1, -0.05) is 4.98 Å². The number of phosphoric ester groups is 2. The zero-order valence-electron chi connectivity index (χ0n) is 30.5. The Morgan fingerprint density at radius 2 is 1.63 bits per heavy atom. The Balaban J connectivity index is 0.00000290. The van der Waals surface area contributed by atoms with Gasteiger partial charge in [-0.15, -0.1) is 0 Å². The summed E-state index contributed by atoms with van der Waals surface area (Å²) >= 11 is 0. The van der Waals surface area contributed by atoms with E-state index in [1.807, 2.05) is 0 Å². The molecular weight excluding hydrogens is 835 g/mol. The summed E-state index contributed by atoms with van der Waals surface area (Å²) in [6.07, 6.45) is -7.99. The average Bonchev–Trinajstić information content (AvgIpc) is 3.81. The van der Waals surface area contributed by atoms with Crippen LogP contribution in [-0.4, -0.2) is 130 Å². The van der Waals surface area contributed by atoms with Gasteiger partial charge in [0.1, 0.15) is 48.5 Å². The van der Waals surface area contributed by atoms with Crippen LogP contribution in [0.3, 0.4) is 0 Å². The number of aryl methyl sites for hydroxylation is 1. The summed E-state index contributed by atoms with van der Waals surface area (Å²) in [5, 5.41) is 32.1. The molecule has 2 saturated heterocycles. The summed E-state index contributed by atoms with van der Waals surface area (Å²) in [6.45, 7) is -2.06. The van der Waals surface area contributed by atoms with Crippen molar-refractivity contribution in [3.63, 3.8) is 0 Å². The molecule has 6 rings (SSSR count). The molecule has 17 N–H and O–H groups in total. The molecule has 2 aliphatic rings. The number of ether oxygens (including phenoxy) is 3. The molecule has 6 heterocycles. The Morgan fingerprint density at radius 3 is 2.28 bits per heavy atom. The lowest BCUT2D eigenvalue weighted by Crippen LogP contribution is -2.46. The van der Waals surface area contributed by atoms with Gasteiger partial charge >= 0.3 is 21.3 Å². The van der Waals surface area contributed by atoms with Crippen molar-refractivity contribution in [1.29, 1.82) is 0 Å². The predicted octanol–water partition coefficient (Wildman–Crippen LogP) is -2.85. The highest BCUT2D eigenvalue weighted by Gasteiger charge is 2.49. The SMILES string of the molecule is CO[C@H]1C(n2cnc3c(N)ncnc32)OC(COP(=O)(O)OP(=O)(O)OP(=O)([O-])OC[C@H]2O[C@@H]([n+]3cn(C)c4c(=O)[nH]c(N(C)C)nc43)C(O)[C@H]2O)[C@H]1O.N.N.N. The highest BCUT2D eigenvalue weighted by Crippen LogP contribution is 2.66. The van der Waals surface area contributed by atoms with Gasteiger partial charge < -0.3 is 77.8 Å². The van der Waals surface area contributed by atoms with Gasteiger partial charge in [-0.25, -0.2) is 33.0 Å². The van der Waals surface area contributed by atoms with E-state index in [9.17, 15) is 48.5 Å². The van der Waals surface area contributed by atoms with Crippen LogP contribution in [0.2, 0.25) is 0 Å². The molecule has 0 amide bonds. The van der Waals surface area contributed by atoms with E-state index in [1.165, 1.54) is 45.4 Å². The normalized spacial score (nSPS) is 27.8. The lowest BCUT2D eigenvalue weighted by molar-refractivity contribution is -0.745. The summed E-state index contributed by atoms with van der Waals surface area (Å²) in [7, 11) is -11.6. The van der Waals surface area contributed by atoms with E-state index in [4.69, 9.17) is 24.5 Å². The number of nitrogen functional groups attached to an aromatic ring is 1. The van der Waals surface area contributed by atoms with Gasteiger partial charge in [-0.2, -0.15) is 4.31 Å². The second-order valence-electron chi connectivity index (χ2n) is 12.1. The van der Waals surface area contributed by atoms with Crippen molar-refractivity contribution in [3.8, 4) is 0 Å². The molecule has 4 aromatic heterocycles. The Hall–Kier alpha value is -3.45. The van der Waals surface area contributed by atoms with Gasteiger partial charge in [0.25, 0.3) is 19.3 Å². The van der Waals surface area contributed by atoms with Crippen LogP contribution in [0.4, 0.5) is 11.8 Å². The fourth-order valence-corrected chi connectivity index (χ4v) is 9.26. The second kappa shape index (κ2) is 17.8. The number of anilines is 2. The lowest BCUT2D eigenvalue weighted by Gasteiger charge is -2.26. The monoisotopic (exact) mass is 879 g/mol. The Labute approximate surface area is 320 Å². The minimum Gasteiger partial charge on any atom is -0.756 e. The third-order valence-corrected chi connectivity index (χ3v) is 12.5. The summed E-state index contributed by atoms with van der Waals surface area (Å²) in [5.74, 6) is 0.204. The Kier molecular flexibility index (Phi) is 15.0. The van der Waals surface area contributed by atoms with Gasteiger partial charge in [0, 0.05) is 21.2 Å². The molecule has 0 aliphatic carbocycles. The molecule has 0 bridgehead atoms. The number of aliphatic hydroxyl groups excluding tert-OH is 3. The van der Waals surface area contributed by atoms with Crippen molar-refractivity contribution in [2.75, 3.05) is 45.1 Å². The van der Waals surface area contributed by atoms with E-state index >= 15 is 0 Å². The largest absolute Gasteiger partial charge is 0.756 e. The van der Waals surface area contributed by atoms with Crippen molar-refractivity contribution in [2.45, 2.75) is 49.1 Å². The smallest absolute Gasteiger partial charge is 0.487 e. The number of hydrogen-bond acceptors (Lipinski definition) is 24. The minimum absolute atomic E-state index is 0. The number of imidazole rings is 2. The maximum absolute atomic E-state index is 12.7. The fourth-order valence-electron chi connectivity index (χ4n) is 5.78. The number of aromatic nitrogens is 8. The van der Waals surface area contributed by atoms with Gasteiger partial charge in [0.2, 0.25) is 11.7 Å². The maximum Gasteiger partial charge on any atom is 0.487 e. The Morgan fingerprint density at radius 1 is 0.982 bits per heavy atom. The van der Waals surface area contributed by atoms with Crippen LogP contribution >= 0.6 is 23.5 Å². The maximum atomic E-state index is 12.7. The number of aromatic amines is 1. The number of nitrogens with one attached hydrogen (secondary N) is 1. The van der Waals surface area contributed by atoms with E-state index in [-0.39, 0.29) is 52.5 Å². The third kappa shape index (κ3) is 9.72. The van der Waals surface area contributed by atoms with Crippen LogP contribution in [0, 0.1) is 0 Å². The lowest BCUT2D eigenvalue weighted by atomic mass is 10.1. The summed E-state index contributed by atoms with van der Waals surface area (Å²) in [6, 6.07) is 0. The van der Waals surface area contributed by atoms with E-state index in [0.717, 1.165) is 6.33 Å². The number of hydrogen-bond donors (Lipinski definition) is 10. The zero-order chi connectivity index (χ0) is 39.5. The highest BCUT2D eigenvalue weighted by molar-refractivity contribution is 7.66. The highest BCUT2D eigenvalue weighted by atomic mass is 31.3. The van der Waals surface area contributed by atoms with Crippen LogP contribution in [0.5, 0.6) is 0 Å². The van der Waals surface area contributed by atoms with Crippen LogP contribution in [-0.2, 0) is 52.6 Å². The van der Waals surface area contributed by atoms with E-state index < -0.39 is 91.3 Å². The first-order chi connectivity index (χ1) is 25.2. The number of methoxy groups -OCH3 is 1. The topological polar surface area (TPSA) is 472 Å². The number of nitrogens with zero attached hydrogens (tertiary/aromatic N) is 8. The van der Waals surface area contributed by atoms with Crippen molar-refractivity contribution >= 4 is 57.6 Å². The van der Waals surface area contributed by atoms with Crippen molar-refractivity contribution in [3.05, 3.63) is 29.3 Å². The molecule has 30 nitrogen and oxygen atoms in total. The molecule has 2 fully saturated rings. The van der Waals surface area contributed by atoms with Crippen molar-refractivity contribution in [1.82, 2.24) is 52.5 Å². The number of H-pyrrole nitrogens is 1. The summed E-state index contributed by atoms with van der Waals surface area (Å²) in [4.78, 5) is 65.7. The molecule has 33 heteroatoms. The van der Waals surface area contributed by atoms with Gasteiger partial charge in [0.05, 0.1) is 26.6 Å². The van der Waals surface area contributed by atoms with Crippen molar-refractivity contribution < 1.29 is 80.1 Å². The minimum atomic E-state index is -6.01. The number of phosphoric acid groups is 3. The van der Waals surface area contributed by atoms with E-state index in [1.54, 1.807) is 14.1 Å². The van der Waals surface area contributed by atoms with Crippen LogP contribution in [0.1, 0.15) is 12.5 Å². The first kappa shape index (κ1) is 47.9. The first-order valence-corrected chi connectivity index (χ1v) is 19.8. The average molecular weight is 880 g/mol. The molecule has 2 aliphatic heterocycles. The number of rotatable bonds is 14. The number of aliphatic hydroxyl groups is 3. The van der Waals surface area contributed by atoms with E-state index in [0.29, 0.717) is 0 Å². The first-order valence-electron chi connectivity index (χ1n) is 15.4. The molecule has 4 aromatic rings. The third-order valence-electron chi connectivity index (χ3n) is 8.25. The molecular formula is C24H44N13O17P3. The quantitative estimate of drug-likeness (QED) is 0.0450. The molecule has 0 aromatic carbocycles.